The van der Waals surface area contributed by atoms with Crippen molar-refractivity contribution in [2.45, 2.75) is 13.0 Å². The van der Waals surface area contributed by atoms with Crippen LogP contribution in [0.3, 0.4) is 0 Å². The van der Waals surface area contributed by atoms with E-state index in [1.807, 2.05) is 19.1 Å². The SMILES string of the molecule is COc1ccc(F)cc1C(=O)NC(C)c1cccc(Cl)c1. The molecule has 2 aromatic rings. The number of amides is 1. The number of nitrogens with one attached hydrogen (secondary N) is 1. The third-order valence-corrected chi connectivity index (χ3v) is 3.34. The Bertz CT molecular complexity index is 660. The van der Waals surface area contributed by atoms with Gasteiger partial charge in [0.05, 0.1) is 18.7 Å². The van der Waals surface area contributed by atoms with Gasteiger partial charge in [0.1, 0.15) is 11.6 Å². The summed E-state index contributed by atoms with van der Waals surface area (Å²) >= 11 is 5.93. The Morgan fingerprint density at radius 1 is 1.29 bits per heavy atom. The van der Waals surface area contributed by atoms with E-state index in [9.17, 15) is 9.18 Å². The lowest BCUT2D eigenvalue weighted by Crippen LogP contribution is -2.27. The van der Waals surface area contributed by atoms with Crippen LogP contribution >= 0.6 is 11.6 Å². The Morgan fingerprint density at radius 2 is 2.05 bits per heavy atom. The van der Waals surface area contributed by atoms with E-state index in [2.05, 4.69) is 5.32 Å². The van der Waals surface area contributed by atoms with Crippen molar-refractivity contribution in [1.82, 2.24) is 5.32 Å². The van der Waals surface area contributed by atoms with Gasteiger partial charge in [-0.2, -0.15) is 0 Å². The van der Waals surface area contributed by atoms with Crippen molar-refractivity contribution in [3.05, 3.63) is 64.4 Å². The van der Waals surface area contributed by atoms with Crippen LogP contribution in [0.1, 0.15) is 28.9 Å². The fourth-order valence-corrected chi connectivity index (χ4v) is 2.19. The van der Waals surface area contributed by atoms with Gasteiger partial charge < -0.3 is 10.1 Å². The summed E-state index contributed by atoms with van der Waals surface area (Å²) in [5.41, 5.74) is 1.03. The first-order chi connectivity index (χ1) is 10.0. The van der Waals surface area contributed by atoms with Gasteiger partial charge >= 0.3 is 0 Å². The molecule has 2 rings (SSSR count). The van der Waals surface area contributed by atoms with E-state index in [1.54, 1.807) is 12.1 Å². The number of hydrogen-bond acceptors (Lipinski definition) is 2. The van der Waals surface area contributed by atoms with Crippen molar-refractivity contribution in [1.29, 1.82) is 0 Å². The Morgan fingerprint density at radius 3 is 2.71 bits per heavy atom. The van der Waals surface area contributed by atoms with E-state index in [0.717, 1.165) is 11.6 Å². The maximum absolute atomic E-state index is 13.3. The summed E-state index contributed by atoms with van der Waals surface area (Å²) in [5, 5.41) is 3.39. The molecule has 1 amide bonds. The highest BCUT2D eigenvalue weighted by Crippen LogP contribution is 2.22. The van der Waals surface area contributed by atoms with Crippen molar-refractivity contribution >= 4 is 17.5 Å². The molecule has 0 aliphatic heterocycles. The van der Waals surface area contributed by atoms with Gasteiger partial charge in [-0.05, 0) is 42.8 Å². The zero-order valence-electron chi connectivity index (χ0n) is 11.7. The largest absolute Gasteiger partial charge is 0.496 e. The number of carbonyl (C=O) groups is 1. The number of hydrogen-bond donors (Lipinski definition) is 1. The van der Waals surface area contributed by atoms with Gasteiger partial charge in [0.2, 0.25) is 0 Å². The molecular weight excluding hydrogens is 293 g/mol. The van der Waals surface area contributed by atoms with E-state index in [1.165, 1.54) is 19.2 Å². The highest BCUT2D eigenvalue weighted by molar-refractivity contribution is 6.30. The molecule has 0 radical (unpaired) electrons. The van der Waals surface area contributed by atoms with Gasteiger partial charge in [-0.1, -0.05) is 23.7 Å². The van der Waals surface area contributed by atoms with Crippen LogP contribution in [0.4, 0.5) is 4.39 Å². The minimum Gasteiger partial charge on any atom is -0.496 e. The Hall–Kier alpha value is -2.07. The number of carbonyl (C=O) groups excluding carboxylic acids is 1. The molecule has 110 valence electrons. The van der Waals surface area contributed by atoms with Crippen LogP contribution in [0, 0.1) is 5.82 Å². The molecule has 0 aromatic heterocycles. The lowest BCUT2D eigenvalue weighted by Gasteiger charge is -2.16. The van der Waals surface area contributed by atoms with Crippen molar-refractivity contribution < 1.29 is 13.9 Å². The van der Waals surface area contributed by atoms with E-state index in [0.29, 0.717) is 10.8 Å². The van der Waals surface area contributed by atoms with Crippen LogP contribution in [0.15, 0.2) is 42.5 Å². The highest BCUT2D eigenvalue weighted by atomic mass is 35.5. The van der Waals surface area contributed by atoms with Crippen LogP contribution in [0.5, 0.6) is 5.75 Å². The van der Waals surface area contributed by atoms with Gasteiger partial charge in [-0.3, -0.25) is 4.79 Å². The molecule has 1 unspecified atom stereocenters. The van der Waals surface area contributed by atoms with E-state index in [4.69, 9.17) is 16.3 Å². The maximum Gasteiger partial charge on any atom is 0.255 e. The molecule has 0 spiro atoms. The standard InChI is InChI=1S/C16H15ClFNO2/c1-10(11-4-3-5-12(17)8-11)19-16(20)14-9-13(18)6-7-15(14)21-2/h3-10H,1-2H3,(H,19,20). The molecule has 0 aliphatic carbocycles. The second-order valence-electron chi connectivity index (χ2n) is 4.59. The summed E-state index contributed by atoms with van der Waals surface area (Å²) in [7, 11) is 1.43. The molecule has 1 atom stereocenters. The van der Waals surface area contributed by atoms with Crippen molar-refractivity contribution in [2.75, 3.05) is 7.11 Å². The van der Waals surface area contributed by atoms with Crippen LogP contribution in [-0.2, 0) is 0 Å². The monoisotopic (exact) mass is 307 g/mol. The average Bonchev–Trinajstić information content (AvgIpc) is 2.47. The summed E-state index contributed by atoms with van der Waals surface area (Å²) in [6, 6.07) is 10.8. The van der Waals surface area contributed by atoms with Gasteiger partial charge in [0, 0.05) is 5.02 Å². The second-order valence-corrected chi connectivity index (χ2v) is 5.03. The van der Waals surface area contributed by atoms with Crippen molar-refractivity contribution in [3.63, 3.8) is 0 Å². The second kappa shape index (κ2) is 6.59. The summed E-state index contributed by atoms with van der Waals surface area (Å²) in [5.74, 6) is -0.567. The van der Waals surface area contributed by atoms with Crippen LogP contribution in [0.2, 0.25) is 5.02 Å². The first-order valence-corrected chi connectivity index (χ1v) is 6.79. The number of benzene rings is 2. The molecule has 0 bridgehead atoms. The molecule has 3 nitrogen and oxygen atoms in total. The molecule has 21 heavy (non-hydrogen) atoms. The minimum atomic E-state index is -0.489. The normalized spacial score (nSPS) is 11.8. The summed E-state index contributed by atoms with van der Waals surface area (Å²) < 4.78 is 18.4. The molecule has 0 fully saturated rings. The zero-order valence-corrected chi connectivity index (χ0v) is 12.4. The molecule has 0 saturated heterocycles. The van der Waals surface area contributed by atoms with Crippen molar-refractivity contribution in [3.8, 4) is 5.75 Å². The smallest absolute Gasteiger partial charge is 0.255 e. The highest BCUT2D eigenvalue weighted by Gasteiger charge is 2.16. The quantitative estimate of drug-likeness (QED) is 0.928. The summed E-state index contributed by atoms with van der Waals surface area (Å²) in [6.07, 6.45) is 0. The maximum atomic E-state index is 13.3. The number of rotatable bonds is 4. The first-order valence-electron chi connectivity index (χ1n) is 6.41. The molecular formula is C16H15ClFNO2. The van der Waals surface area contributed by atoms with Crippen LogP contribution < -0.4 is 10.1 Å². The topological polar surface area (TPSA) is 38.3 Å². The molecule has 2 aromatic carbocycles. The van der Waals surface area contributed by atoms with Crippen LogP contribution in [-0.4, -0.2) is 13.0 Å². The fraction of sp³-hybridized carbons (Fsp3) is 0.188. The number of ether oxygens (including phenoxy) is 1. The Labute approximate surface area is 127 Å². The van der Waals surface area contributed by atoms with Gasteiger partial charge in [0.25, 0.3) is 5.91 Å². The summed E-state index contributed by atoms with van der Waals surface area (Å²) in [4.78, 5) is 12.3. The number of methoxy groups -OCH3 is 1. The fourth-order valence-electron chi connectivity index (χ4n) is 1.99. The molecule has 1 N–H and O–H groups in total. The van der Waals surface area contributed by atoms with Gasteiger partial charge in [-0.15, -0.1) is 0 Å². The van der Waals surface area contributed by atoms with Gasteiger partial charge in [-0.25, -0.2) is 4.39 Å². The number of halogens is 2. The molecule has 0 heterocycles. The predicted molar refractivity (Wildman–Crippen MR) is 80.3 cm³/mol. The average molecular weight is 308 g/mol. The lowest BCUT2D eigenvalue weighted by atomic mass is 10.1. The first kappa shape index (κ1) is 15.3. The van der Waals surface area contributed by atoms with E-state index in [-0.39, 0.29) is 11.6 Å². The Kier molecular flexibility index (Phi) is 4.81. The lowest BCUT2D eigenvalue weighted by molar-refractivity contribution is 0.0936. The third kappa shape index (κ3) is 3.73. The van der Waals surface area contributed by atoms with Crippen molar-refractivity contribution in [2.24, 2.45) is 0 Å². The zero-order chi connectivity index (χ0) is 15.4. The molecule has 0 saturated carbocycles. The minimum absolute atomic E-state index is 0.159. The van der Waals surface area contributed by atoms with E-state index >= 15 is 0 Å². The third-order valence-electron chi connectivity index (χ3n) is 3.10. The van der Waals surface area contributed by atoms with E-state index < -0.39 is 11.7 Å². The summed E-state index contributed by atoms with van der Waals surface area (Å²) in [6.45, 7) is 1.83. The Balaban J connectivity index is 2.20. The molecule has 0 aliphatic rings. The van der Waals surface area contributed by atoms with Gasteiger partial charge in [0.15, 0.2) is 0 Å². The van der Waals surface area contributed by atoms with Crippen LogP contribution in [0.25, 0.3) is 0 Å². The molecule has 5 heteroatoms. The predicted octanol–water partition coefficient (Wildman–Crippen LogP) is 3.98.